The summed E-state index contributed by atoms with van der Waals surface area (Å²) in [5.74, 6) is 1.60. The highest BCUT2D eigenvalue weighted by Gasteiger charge is 2.16. The second-order valence-corrected chi connectivity index (χ2v) is 5.76. The molecule has 0 aliphatic rings. The lowest BCUT2D eigenvalue weighted by Crippen LogP contribution is -2.12. The number of hydrogen-bond acceptors (Lipinski definition) is 6. The van der Waals surface area contributed by atoms with Crippen molar-refractivity contribution in [3.63, 3.8) is 0 Å². The fourth-order valence-corrected chi connectivity index (χ4v) is 2.74. The molecule has 0 aliphatic carbocycles. The lowest BCUT2D eigenvalue weighted by atomic mass is 10.0. The first-order valence-electron chi connectivity index (χ1n) is 6.28. The van der Waals surface area contributed by atoms with E-state index in [1.165, 1.54) is 6.33 Å². The van der Waals surface area contributed by atoms with E-state index in [1.807, 2.05) is 12.3 Å². The zero-order valence-electron chi connectivity index (χ0n) is 11.6. The van der Waals surface area contributed by atoms with Crippen LogP contribution in [0.15, 0.2) is 11.7 Å². The van der Waals surface area contributed by atoms with Crippen LogP contribution in [0.2, 0.25) is 0 Å². The standard InChI is InChI=1S/C13H19N5S/c1-7(2)10-11(14)15-6-16-12(10)18-9(4)13-17-8(3)5-19-13/h5-7,9H,1-4H3,(H3,14,15,16,18). The van der Waals surface area contributed by atoms with Crippen LogP contribution in [0.5, 0.6) is 0 Å². The smallest absolute Gasteiger partial charge is 0.135 e. The van der Waals surface area contributed by atoms with E-state index in [9.17, 15) is 0 Å². The van der Waals surface area contributed by atoms with Crippen LogP contribution in [-0.2, 0) is 0 Å². The topological polar surface area (TPSA) is 76.7 Å². The van der Waals surface area contributed by atoms with Crippen molar-refractivity contribution in [2.24, 2.45) is 0 Å². The van der Waals surface area contributed by atoms with E-state index < -0.39 is 0 Å². The number of rotatable bonds is 4. The lowest BCUT2D eigenvalue weighted by Gasteiger charge is -2.18. The van der Waals surface area contributed by atoms with Gasteiger partial charge in [0.2, 0.25) is 0 Å². The molecule has 102 valence electrons. The molecular weight excluding hydrogens is 258 g/mol. The van der Waals surface area contributed by atoms with Crippen molar-refractivity contribution >= 4 is 23.0 Å². The Labute approximate surface area is 117 Å². The first-order chi connectivity index (χ1) is 8.99. The highest BCUT2D eigenvalue weighted by molar-refractivity contribution is 7.09. The van der Waals surface area contributed by atoms with Gasteiger partial charge in [0.15, 0.2) is 0 Å². The van der Waals surface area contributed by atoms with Gasteiger partial charge in [-0.2, -0.15) is 0 Å². The molecule has 0 aliphatic heterocycles. The summed E-state index contributed by atoms with van der Waals surface area (Å²) in [5, 5.41) is 6.47. The van der Waals surface area contributed by atoms with Gasteiger partial charge >= 0.3 is 0 Å². The number of nitrogens with one attached hydrogen (secondary N) is 1. The number of aryl methyl sites for hydroxylation is 1. The largest absolute Gasteiger partial charge is 0.383 e. The predicted molar refractivity (Wildman–Crippen MR) is 79.4 cm³/mol. The van der Waals surface area contributed by atoms with Crippen LogP contribution in [0, 0.1) is 6.92 Å². The summed E-state index contributed by atoms with van der Waals surface area (Å²) < 4.78 is 0. The first-order valence-corrected chi connectivity index (χ1v) is 7.16. The van der Waals surface area contributed by atoms with Gasteiger partial charge in [-0.1, -0.05) is 13.8 Å². The average molecular weight is 277 g/mol. The van der Waals surface area contributed by atoms with Gasteiger partial charge in [-0.3, -0.25) is 0 Å². The summed E-state index contributed by atoms with van der Waals surface area (Å²) in [7, 11) is 0. The van der Waals surface area contributed by atoms with Crippen molar-refractivity contribution in [1.82, 2.24) is 15.0 Å². The average Bonchev–Trinajstić information content (AvgIpc) is 2.75. The Kier molecular flexibility index (Phi) is 3.99. The van der Waals surface area contributed by atoms with E-state index in [1.54, 1.807) is 11.3 Å². The Morgan fingerprint density at radius 1 is 1.26 bits per heavy atom. The molecule has 1 unspecified atom stereocenters. The summed E-state index contributed by atoms with van der Waals surface area (Å²) in [6.07, 6.45) is 1.49. The molecule has 0 bridgehead atoms. The maximum atomic E-state index is 5.94. The molecule has 6 heteroatoms. The number of nitrogens with two attached hydrogens (primary N) is 1. The molecule has 0 amide bonds. The molecule has 0 aromatic carbocycles. The first kappa shape index (κ1) is 13.7. The van der Waals surface area contributed by atoms with Gasteiger partial charge in [0.1, 0.15) is 23.0 Å². The molecule has 0 fully saturated rings. The van der Waals surface area contributed by atoms with Crippen molar-refractivity contribution in [1.29, 1.82) is 0 Å². The van der Waals surface area contributed by atoms with E-state index in [4.69, 9.17) is 5.73 Å². The normalized spacial score (nSPS) is 12.7. The zero-order chi connectivity index (χ0) is 14.0. The van der Waals surface area contributed by atoms with Crippen LogP contribution < -0.4 is 11.1 Å². The second kappa shape index (κ2) is 5.52. The Morgan fingerprint density at radius 3 is 2.58 bits per heavy atom. The summed E-state index contributed by atoms with van der Waals surface area (Å²) in [5.41, 5.74) is 7.94. The Balaban J connectivity index is 2.26. The van der Waals surface area contributed by atoms with Gasteiger partial charge in [0, 0.05) is 16.6 Å². The highest BCUT2D eigenvalue weighted by atomic mass is 32.1. The molecule has 2 rings (SSSR count). The Hall–Kier alpha value is -1.69. The van der Waals surface area contributed by atoms with Gasteiger partial charge in [-0.15, -0.1) is 11.3 Å². The maximum absolute atomic E-state index is 5.94. The maximum Gasteiger partial charge on any atom is 0.135 e. The monoisotopic (exact) mass is 277 g/mol. The summed E-state index contributed by atoms with van der Waals surface area (Å²) in [4.78, 5) is 12.9. The molecule has 3 N–H and O–H groups in total. The Bertz CT molecular complexity index is 564. The van der Waals surface area contributed by atoms with Crippen molar-refractivity contribution < 1.29 is 0 Å². The minimum absolute atomic E-state index is 0.102. The summed E-state index contributed by atoms with van der Waals surface area (Å²) >= 11 is 1.65. The number of nitrogen functional groups attached to an aromatic ring is 1. The molecule has 0 saturated carbocycles. The fraction of sp³-hybridized carbons (Fsp3) is 0.462. The Morgan fingerprint density at radius 2 is 2.00 bits per heavy atom. The van der Waals surface area contributed by atoms with Crippen LogP contribution in [0.25, 0.3) is 0 Å². The minimum Gasteiger partial charge on any atom is -0.383 e. The number of nitrogens with zero attached hydrogens (tertiary/aromatic N) is 3. The van der Waals surface area contributed by atoms with Crippen LogP contribution >= 0.6 is 11.3 Å². The number of hydrogen-bond donors (Lipinski definition) is 2. The van der Waals surface area contributed by atoms with Gasteiger partial charge < -0.3 is 11.1 Å². The van der Waals surface area contributed by atoms with Gasteiger partial charge in [-0.05, 0) is 19.8 Å². The van der Waals surface area contributed by atoms with E-state index >= 15 is 0 Å². The quantitative estimate of drug-likeness (QED) is 0.898. The van der Waals surface area contributed by atoms with Gasteiger partial charge in [0.25, 0.3) is 0 Å². The second-order valence-electron chi connectivity index (χ2n) is 4.87. The van der Waals surface area contributed by atoms with Gasteiger partial charge in [0.05, 0.1) is 6.04 Å². The molecule has 0 spiro atoms. The van der Waals surface area contributed by atoms with Crippen molar-refractivity contribution in [3.05, 3.63) is 28.0 Å². The summed E-state index contributed by atoms with van der Waals surface area (Å²) in [6.45, 7) is 8.23. The third-order valence-corrected chi connectivity index (χ3v) is 4.00. The number of aromatic nitrogens is 3. The molecule has 1 atom stereocenters. The third-order valence-electron chi connectivity index (χ3n) is 2.85. The molecule has 19 heavy (non-hydrogen) atoms. The number of anilines is 2. The van der Waals surface area contributed by atoms with Crippen LogP contribution in [0.3, 0.4) is 0 Å². The molecular formula is C13H19N5S. The van der Waals surface area contributed by atoms with Crippen molar-refractivity contribution in [2.75, 3.05) is 11.1 Å². The van der Waals surface area contributed by atoms with E-state index in [2.05, 4.69) is 41.0 Å². The number of thiazole rings is 1. The molecule has 0 radical (unpaired) electrons. The van der Waals surface area contributed by atoms with Crippen molar-refractivity contribution in [2.45, 2.75) is 39.7 Å². The third kappa shape index (κ3) is 3.01. The minimum atomic E-state index is 0.102. The molecule has 2 aromatic rings. The fourth-order valence-electron chi connectivity index (χ4n) is 1.93. The van der Waals surface area contributed by atoms with E-state index in [0.717, 1.165) is 22.1 Å². The van der Waals surface area contributed by atoms with Gasteiger partial charge in [-0.25, -0.2) is 15.0 Å². The predicted octanol–water partition coefficient (Wildman–Crippen LogP) is 3.12. The highest BCUT2D eigenvalue weighted by Crippen LogP contribution is 2.29. The van der Waals surface area contributed by atoms with Crippen LogP contribution in [0.4, 0.5) is 11.6 Å². The zero-order valence-corrected chi connectivity index (χ0v) is 12.5. The van der Waals surface area contributed by atoms with Crippen LogP contribution in [-0.4, -0.2) is 15.0 Å². The van der Waals surface area contributed by atoms with Crippen molar-refractivity contribution in [3.8, 4) is 0 Å². The van der Waals surface area contributed by atoms with E-state index in [0.29, 0.717) is 5.82 Å². The van der Waals surface area contributed by atoms with Crippen LogP contribution in [0.1, 0.15) is 49.0 Å². The molecule has 5 nitrogen and oxygen atoms in total. The SMILES string of the molecule is Cc1csc(C(C)Nc2ncnc(N)c2C(C)C)n1. The summed E-state index contributed by atoms with van der Waals surface area (Å²) in [6, 6.07) is 0.102. The lowest BCUT2D eigenvalue weighted by molar-refractivity contribution is 0.815. The van der Waals surface area contributed by atoms with E-state index in [-0.39, 0.29) is 12.0 Å². The molecule has 0 saturated heterocycles. The molecule has 2 aromatic heterocycles. The molecule has 2 heterocycles.